The smallest absolute Gasteiger partial charge is 0.339 e. The number of aryl methyl sites for hydroxylation is 1. The number of carbonyl (C=O) groups excluding carboxylic acids is 1. The normalized spacial score (nSPS) is 17.4. The van der Waals surface area contributed by atoms with Gasteiger partial charge in [0.05, 0.1) is 17.8 Å². The molecule has 34 heavy (non-hydrogen) atoms. The van der Waals surface area contributed by atoms with E-state index >= 15 is 0 Å². The van der Waals surface area contributed by atoms with Crippen molar-refractivity contribution in [2.24, 2.45) is 0 Å². The molecule has 1 atom stereocenters. The van der Waals surface area contributed by atoms with Crippen molar-refractivity contribution in [2.75, 3.05) is 11.5 Å². The van der Waals surface area contributed by atoms with Crippen LogP contribution in [0.15, 0.2) is 56.3 Å². The Bertz CT molecular complexity index is 1580. The Morgan fingerprint density at radius 1 is 1.15 bits per heavy atom. The zero-order chi connectivity index (χ0) is 24.0. The van der Waals surface area contributed by atoms with Crippen molar-refractivity contribution < 1.29 is 26.4 Å². The first-order valence-corrected chi connectivity index (χ1v) is 12.8. The van der Waals surface area contributed by atoms with E-state index < -0.39 is 15.5 Å². The maximum absolute atomic E-state index is 13.3. The summed E-state index contributed by atoms with van der Waals surface area (Å²) in [6.45, 7) is 1.81. The third-order valence-electron chi connectivity index (χ3n) is 6.34. The second kappa shape index (κ2) is 8.39. The number of benzene rings is 2. The molecule has 176 valence electrons. The molecule has 1 aliphatic rings. The van der Waals surface area contributed by atoms with Crippen molar-refractivity contribution >= 4 is 37.7 Å². The van der Waals surface area contributed by atoms with Gasteiger partial charge in [-0.2, -0.15) is 0 Å². The summed E-state index contributed by atoms with van der Waals surface area (Å²) in [4.78, 5) is 25.0. The average Bonchev–Trinajstić information content (AvgIpc) is 3.35. The van der Waals surface area contributed by atoms with Crippen molar-refractivity contribution in [1.82, 2.24) is 5.32 Å². The van der Waals surface area contributed by atoms with Gasteiger partial charge in [-0.25, -0.2) is 17.6 Å². The van der Waals surface area contributed by atoms with Crippen molar-refractivity contribution in [3.05, 3.63) is 70.0 Å². The molecule has 4 aromatic rings. The summed E-state index contributed by atoms with van der Waals surface area (Å²) < 4.78 is 47.7. The van der Waals surface area contributed by atoms with Crippen LogP contribution in [0.2, 0.25) is 0 Å². The molecule has 0 bridgehead atoms. The van der Waals surface area contributed by atoms with E-state index in [2.05, 4.69) is 5.32 Å². The molecule has 0 saturated carbocycles. The lowest BCUT2D eigenvalue weighted by molar-refractivity contribution is -0.121. The van der Waals surface area contributed by atoms with Gasteiger partial charge in [0.1, 0.15) is 17.0 Å². The van der Waals surface area contributed by atoms with E-state index in [1.807, 2.05) is 6.07 Å². The highest BCUT2D eigenvalue weighted by molar-refractivity contribution is 7.91. The van der Waals surface area contributed by atoms with E-state index in [4.69, 9.17) is 8.83 Å². The van der Waals surface area contributed by atoms with Gasteiger partial charge >= 0.3 is 5.63 Å². The number of sulfone groups is 1. The Morgan fingerprint density at radius 2 is 1.91 bits per heavy atom. The van der Waals surface area contributed by atoms with Gasteiger partial charge in [0.25, 0.3) is 0 Å². The minimum atomic E-state index is -3.09. The fraction of sp³-hybridized carbons (Fsp3) is 0.280. The average molecular weight is 484 g/mol. The number of halogens is 1. The number of amides is 1. The molecule has 0 radical (unpaired) electrons. The van der Waals surface area contributed by atoms with Crippen LogP contribution in [0.5, 0.6) is 0 Å². The summed E-state index contributed by atoms with van der Waals surface area (Å²) in [6.07, 6.45) is 2.20. The van der Waals surface area contributed by atoms with Gasteiger partial charge in [-0.05, 0) is 49.1 Å². The van der Waals surface area contributed by atoms with Crippen LogP contribution < -0.4 is 10.9 Å². The lowest BCUT2D eigenvalue weighted by atomic mass is 9.99. The molecule has 1 N–H and O–H groups in total. The Hall–Kier alpha value is -3.46. The summed E-state index contributed by atoms with van der Waals surface area (Å²) >= 11 is 0. The first-order valence-electron chi connectivity index (χ1n) is 10.9. The quantitative estimate of drug-likeness (QED) is 0.432. The predicted octanol–water partition coefficient (Wildman–Crippen LogP) is 3.89. The summed E-state index contributed by atoms with van der Waals surface area (Å²) in [5, 5.41) is 4.25. The molecule has 1 amide bonds. The lowest BCUT2D eigenvalue weighted by Crippen LogP contribution is -2.35. The number of furan rings is 1. The van der Waals surface area contributed by atoms with Gasteiger partial charge in [-0.15, -0.1) is 0 Å². The van der Waals surface area contributed by atoms with Gasteiger partial charge in [-0.1, -0.05) is 12.1 Å². The minimum absolute atomic E-state index is 0.0441. The predicted molar refractivity (Wildman–Crippen MR) is 126 cm³/mol. The highest BCUT2D eigenvalue weighted by Gasteiger charge is 2.29. The monoisotopic (exact) mass is 483 g/mol. The van der Waals surface area contributed by atoms with Crippen molar-refractivity contribution in [3.8, 4) is 11.1 Å². The molecule has 7 nitrogen and oxygen atoms in total. The van der Waals surface area contributed by atoms with Crippen LogP contribution in [0, 0.1) is 12.7 Å². The fourth-order valence-corrected chi connectivity index (χ4v) is 6.17. The minimum Gasteiger partial charge on any atom is -0.464 e. The molecular formula is C25H22FNO6S. The lowest BCUT2D eigenvalue weighted by Gasteiger charge is -2.11. The maximum Gasteiger partial charge on any atom is 0.339 e. The second-order valence-electron chi connectivity index (χ2n) is 8.66. The maximum atomic E-state index is 13.3. The van der Waals surface area contributed by atoms with Gasteiger partial charge in [0.15, 0.2) is 9.84 Å². The highest BCUT2D eigenvalue weighted by Crippen LogP contribution is 2.34. The molecule has 2 aromatic heterocycles. The summed E-state index contributed by atoms with van der Waals surface area (Å²) in [6, 6.07) is 9.24. The SMILES string of the molecule is Cc1c(CCC(=O)N[C@@H]2CCS(=O)(=O)C2)c(=O)oc2cc3occ(-c4ccc(F)cc4)c3cc12. The fourth-order valence-electron chi connectivity index (χ4n) is 4.50. The molecule has 2 aromatic carbocycles. The molecular weight excluding hydrogens is 461 g/mol. The van der Waals surface area contributed by atoms with E-state index in [1.165, 1.54) is 12.1 Å². The molecule has 0 spiro atoms. The topological polar surface area (TPSA) is 107 Å². The molecule has 1 fully saturated rings. The number of rotatable bonds is 5. The first-order chi connectivity index (χ1) is 16.2. The highest BCUT2D eigenvalue weighted by atomic mass is 32.2. The molecule has 1 aliphatic heterocycles. The van der Waals surface area contributed by atoms with Crippen LogP contribution in [-0.2, 0) is 21.1 Å². The van der Waals surface area contributed by atoms with Crippen molar-refractivity contribution in [1.29, 1.82) is 0 Å². The molecule has 0 unspecified atom stereocenters. The van der Waals surface area contributed by atoms with E-state index in [0.29, 0.717) is 34.1 Å². The Morgan fingerprint density at radius 3 is 2.62 bits per heavy atom. The largest absolute Gasteiger partial charge is 0.464 e. The number of hydrogen-bond donors (Lipinski definition) is 1. The Kier molecular flexibility index (Phi) is 5.51. The van der Waals surface area contributed by atoms with Crippen molar-refractivity contribution in [3.63, 3.8) is 0 Å². The van der Waals surface area contributed by atoms with Crippen LogP contribution >= 0.6 is 0 Å². The van der Waals surface area contributed by atoms with E-state index in [0.717, 1.165) is 16.5 Å². The van der Waals surface area contributed by atoms with Crippen LogP contribution in [0.3, 0.4) is 0 Å². The van der Waals surface area contributed by atoms with E-state index in [1.54, 1.807) is 31.4 Å². The summed E-state index contributed by atoms with van der Waals surface area (Å²) in [5.41, 5.74) is 3.07. The summed E-state index contributed by atoms with van der Waals surface area (Å²) in [7, 11) is -3.09. The second-order valence-corrected chi connectivity index (χ2v) is 10.9. The zero-order valence-corrected chi connectivity index (χ0v) is 19.2. The number of hydrogen-bond acceptors (Lipinski definition) is 6. The molecule has 5 rings (SSSR count). The molecule has 3 heterocycles. The number of fused-ring (bicyclic) bond motifs is 2. The number of nitrogens with one attached hydrogen (secondary N) is 1. The van der Waals surface area contributed by atoms with Crippen molar-refractivity contribution in [2.45, 2.75) is 32.2 Å². The third-order valence-corrected chi connectivity index (χ3v) is 8.10. The Balaban J connectivity index is 1.44. The standard InChI is InChI=1S/C25H22FNO6S/c1-14-18(6-7-24(28)27-17-8-9-34(30,31)13-17)25(29)33-23-11-22-20(10-19(14)23)21(12-32-22)15-2-4-16(26)5-3-15/h2-5,10-12,17H,6-9,13H2,1H3,(H,27,28)/t17-/m1/s1. The van der Waals surface area contributed by atoms with Gasteiger partial charge in [0, 0.05) is 40.4 Å². The zero-order valence-electron chi connectivity index (χ0n) is 18.4. The Labute approximate surface area is 194 Å². The molecule has 9 heteroatoms. The van der Waals surface area contributed by atoms with E-state index in [-0.39, 0.29) is 42.1 Å². The van der Waals surface area contributed by atoms with Crippen LogP contribution in [-0.4, -0.2) is 31.9 Å². The van der Waals surface area contributed by atoms with Crippen LogP contribution in [0.1, 0.15) is 24.0 Å². The number of carbonyl (C=O) groups is 1. The van der Waals surface area contributed by atoms with Gasteiger partial charge < -0.3 is 14.2 Å². The van der Waals surface area contributed by atoms with Crippen LogP contribution in [0.4, 0.5) is 4.39 Å². The van der Waals surface area contributed by atoms with Crippen LogP contribution in [0.25, 0.3) is 33.1 Å². The summed E-state index contributed by atoms with van der Waals surface area (Å²) in [5.74, 6) is -0.603. The van der Waals surface area contributed by atoms with Gasteiger partial charge in [-0.3, -0.25) is 4.79 Å². The van der Waals surface area contributed by atoms with E-state index in [9.17, 15) is 22.4 Å². The molecule has 0 aliphatic carbocycles. The first kappa shape index (κ1) is 22.3. The van der Waals surface area contributed by atoms with Gasteiger partial charge in [0.2, 0.25) is 5.91 Å². The third kappa shape index (κ3) is 4.23. The molecule has 1 saturated heterocycles.